The predicted molar refractivity (Wildman–Crippen MR) is 135 cm³/mol. The maximum Gasteiger partial charge on any atom is 0.341 e. The Kier molecular flexibility index (Phi) is 8.04. The van der Waals surface area contributed by atoms with Crippen molar-refractivity contribution in [2.75, 3.05) is 11.9 Å². The van der Waals surface area contributed by atoms with E-state index >= 15 is 0 Å². The van der Waals surface area contributed by atoms with E-state index in [4.69, 9.17) is 4.74 Å². The van der Waals surface area contributed by atoms with E-state index in [1.165, 1.54) is 41.3 Å². The van der Waals surface area contributed by atoms with E-state index in [9.17, 15) is 18.8 Å². The molecule has 0 bridgehead atoms. The SMILES string of the molecule is CCOC(=O)c1c(NC(=O)[C@H](C)Sc2nnc(CNC(=O)c3ccccc3F)n2C)sc2c1CCC2. The molecule has 2 N–H and O–H groups in total. The second-order valence-electron chi connectivity index (χ2n) is 8.15. The summed E-state index contributed by atoms with van der Waals surface area (Å²) in [4.78, 5) is 38.9. The van der Waals surface area contributed by atoms with Gasteiger partial charge >= 0.3 is 5.97 Å². The van der Waals surface area contributed by atoms with Gasteiger partial charge in [-0.05, 0) is 50.8 Å². The van der Waals surface area contributed by atoms with Crippen molar-refractivity contribution in [2.24, 2.45) is 7.05 Å². The maximum atomic E-state index is 13.8. The zero-order valence-corrected chi connectivity index (χ0v) is 21.7. The van der Waals surface area contributed by atoms with Crippen LogP contribution in [0.25, 0.3) is 0 Å². The lowest BCUT2D eigenvalue weighted by molar-refractivity contribution is -0.115. The number of thiophene rings is 1. The number of halogens is 1. The van der Waals surface area contributed by atoms with Crippen molar-refractivity contribution in [1.29, 1.82) is 0 Å². The first kappa shape index (κ1) is 25.8. The normalized spacial score (nSPS) is 13.2. The monoisotopic (exact) mass is 531 g/mol. The second kappa shape index (κ2) is 11.2. The summed E-state index contributed by atoms with van der Waals surface area (Å²) in [6, 6.07) is 5.72. The number of fused-ring (bicyclic) bond motifs is 1. The third-order valence-electron chi connectivity index (χ3n) is 5.74. The molecule has 2 amide bonds. The number of hydrogen-bond acceptors (Lipinski definition) is 8. The standard InChI is InChI=1S/C24H26FN5O4S2/c1-4-34-23(33)19-15-9-7-11-17(15)36-22(19)27-20(31)13(2)35-24-29-28-18(30(24)3)12-26-21(32)14-8-5-6-10-16(14)25/h5-6,8,10,13H,4,7,9,11-12H2,1-3H3,(H,26,32)(H,27,31)/t13-/m0/s1. The highest BCUT2D eigenvalue weighted by atomic mass is 32.2. The molecule has 2 aromatic heterocycles. The van der Waals surface area contributed by atoms with Crippen molar-refractivity contribution in [3.8, 4) is 0 Å². The summed E-state index contributed by atoms with van der Waals surface area (Å²) in [5, 5.41) is 14.2. The van der Waals surface area contributed by atoms with Crippen molar-refractivity contribution in [2.45, 2.75) is 50.1 Å². The minimum absolute atomic E-state index is 0.0431. The van der Waals surface area contributed by atoms with E-state index in [1.54, 1.807) is 31.5 Å². The lowest BCUT2D eigenvalue weighted by atomic mass is 10.1. The molecule has 4 rings (SSSR count). The third-order valence-corrected chi connectivity index (χ3v) is 8.08. The number of benzene rings is 1. The number of aromatic nitrogens is 3. The molecule has 0 saturated heterocycles. The van der Waals surface area contributed by atoms with Crippen LogP contribution in [0, 0.1) is 5.82 Å². The Balaban J connectivity index is 1.39. The molecular formula is C24H26FN5O4S2. The Morgan fingerprint density at radius 1 is 1.25 bits per heavy atom. The van der Waals surface area contributed by atoms with Crippen LogP contribution in [0.4, 0.5) is 9.39 Å². The van der Waals surface area contributed by atoms with E-state index in [-0.39, 0.29) is 24.6 Å². The zero-order chi connectivity index (χ0) is 25.8. The van der Waals surface area contributed by atoms with Gasteiger partial charge in [0.15, 0.2) is 11.0 Å². The van der Waals surface area contributed by atoms with Crippen LogP contribution in [0.5, 0.6) is 0 Å². The van der Waals surface area contributed by atoms with Crippen molar-refractivity contribution in [3.05, 3.63) is 57.5 Å². The number of carbonyl (C=O) groups excluding carboxylic acids is 3. The van der Waals surface area contributed by atoms with Gasteiger partial charge in [-0.2, -0.15) is 0 Å². The lowest BCUT2D eigenvalue weighted by Gasteiger charge is -2.12. The Morgan fingerprint density at radius 2 is 2.03 bits per heavy atom. The first-order valence-electron chi connectivity index (χ1n) is 11.5. The fourth-order valence-corrected chi connectivity index (χ4v) is 5.95. The molecular weight excluding hydrogens is 505 g/mol. The summed E-state index contributed by atoms with van der Waals surface area (Å²) in [7, 11) is 1.72. The average Bonchev–Trinajstić information content (AvgIpc) is 3.53. The Bertz CT molecular complexity index is 1310. The van der Waals surface area contributed by atoms with Gasteiger partial charge in [-0.1, -0.05) is 23.9 Å². The number of aryl methyl sites for hydroxylation is 1. The second-order valence-corrected chi connectivity index (χ2v) is 10.6. The molecule has 0 fully saturated rings. The van der Waals surface area contributed by atoms with Gasteiger partial charge in [-0.25, -0.2) is 9.18 Å². The number of rotatable bonds is 9. The largest absolute Gasteiger partial charge is 0.462 e. The van der Waals surface area contributed by atoms with Gasteiger partial charge in [0, 0.05) is 11.9 Å². The molecule has 1 aromatic carbocycles. The Morgan fingerprint density at radius 3 is 2.78 bits per heavy atom. The van der Waals surface area contributed by atoms with Crippen molar-refractivity contribution in [1.82, 2.24) is 20.1 Å². The summed E-state index contributed by atoms with van der Waals surface area (Å²) >= 11 is 2.63. The van der Waals surface area contributed by atoms with E-state index in [0.29, 0.717) is 21.5 Å². The van der Waals surface area contributed by atoms with E-state index in [0.717, 1.165) is 29.7 Å². The van der Waals surface area contributed by atoms with Crippen LogP contribution in [0.3, 0.4) is 0 Å². The van der Waals surface area contributed by atoms with E-state index in [1.807, 2.05) is 0 Å². The first-order valence-corrected chi connectivity index (χ1v) is 13.2. The highest BCUT2D eigenvalue weighted by Crippen LogP contribution is 2.40. The number of amides is 2. The zero-order valence-electron chi connectivity index (χ0n) is 20.1. The van der Waals surface area contributed by atoms with Gasteiger partial charge in [-0.3, -0.25) is 9.59 Å². The summed E-state index contributed by atoms with van der Waals surface area (Å²) < 4.78 is 20.7. The number of carbonyl (C=O) groups is 3. The van der Waals surface area contributed by atoms with Crippen LogP contribution in [0.15, 0.2) is 29.4 Å². The van der Waals surface area contributed by atoms with Crippen LogP contribution in [-0.4, -0.2) is 44.4 Å². The van der Waals surface area contributed by atoms with Crippen molar-refractivity contribution >= 4 is 45.9 Å². The number of ether oxygens (including phenoxy) is 1. The summed E-state index contributed by atoms with van der Waals surface area (Å²) in [5.74, 6) is -1.40. The minimum Gasteiger partial charge on any atom is -0.462 e. The fourth-order valence-electron chi connectivity index (χ4n) is 3.84. The van der Waals surface area contributed by atoms with Crippen LogP contribution in [0.2, 0.25) is 0 Å². The average molecular weight is 532 g/mol. The summed E-state index contributed by atoms with van der Waals surface area (Å²) in [5.41, 5.74) is 1.39. The van der Waals surface area contributed by atoms with Gasteiger partial charge in [0.05, 0.1) is 29.5 Å². The summed E-state index contributed by atoms with van der Waals surface area (Å²) in [6.07, 6.45) is 2.68. The first-order chi connectivity index (χ1) is 17.3. The highest BCUT2D eigenvalue weighted by molar-refractivity contribution is 8.00. The van der Waals surface area contributed by atoms with Gasteiger partial charge < -0.3 is 19.9 Å². The van der Waals surface area contributed by atoms with Crippen LogP contribution >= 0.6 is 23.1 Å². The molecule has 36 heavy (non-hydrogen) atoms. The summed E-state index contributed by atoms with van der Waals surface area (Å²) in [6.45, 7) is 3.79. The highest BCUT2D eigenvalue weighted by Gasteiger charge is 2.29. The van der Waals surface area contributed by atoms with Crippen molar-refractivity contribution in [3.63, 3.8) is 0 Å². The molecule has 190 valence electrons. The maximum absolute atomic E-state index is 13.8. The molecule has 9 nitrogen and oxygen atoms in total. The van der Waals surface area contributed by atoms with Crippen LogP contribution in [-0.2, 0) is 36.0 Å². The molecule has 2 heterocycles. The van der Waals surface area contributed by atoms with Crippen LogP contribution < -0.4 is 10.6 Å². The van der Waals surface area contributed by atoms with Gasteiger partial charge in [0.2, 0.25) is 5.91 Å². The Hall–Kier alpha value is -3.25. The molecule has 1 aliphatic rings. The molecule has 0 unspecified atom stereocenters. The molecule has 12 heteroatoms. The molecule has 1 aliphatic carbocycles. The number of esters is 1. The van der Waals surface area contributed by atoms with E-state index < -0.39 is 22.9 Å². The fraction of sp³-hybridized carbons (Fsp3) is 0.375. The van der Waals surface area contributed by atoms with Gasteiger partial charge in [0.25, 0.3) is 5.91 Å². The van der Waals surface area contributed by atoms with E-state index in [2.05, 4.69) is 20.8 Å². The number of nitrogens with zero attached hydrogens (tertiary/aromatic N) is 3. The quantitative estimate of drug-likeness (QED) is 0.319. The van der Waals surface area contributed by atoms with Gasteiger partial charge in [0.1, 0.15) is 10.8 Å². The molecule has 1 atom stereocenters. The molecule has 0 spiro atoms. The minimum atomic E-state index is -0.605. The predicted octanol–water partition coefficient (Wildman–Crippen LogP) is 3.73. The third kappa shape index (κ3) is 5.44. The van der Waals surface area contributed by atoms with Crippen molar-refractivity contribution < 1.29 is 23.5 Å². The van der Waals surface area contributed by atoms with Gasteiger partial charge in [-0.15, -0.1) is 21.5 Å². The smallest absolute Gasteiger partial charge is 0.341 e. The molecule has 3 aromatic rings. The number of nitrogens with one attached hydrogen (secondary N) is 2. The lowest BCUT2D eigenvalue weighted by Crippen LogP contribution is -2.25. The molecule has 0 aliphatic heterocycles. The Labute approximate surface area is 215 Å². The van der Waals surface area contributed by atoms with Crippen LogP contribution in [0.1, 0.15) is 57.2 Å². The molecule has 0 saturated carbocycles. The number of thioether (sulfide) groups is 1. The number of hydrogen-bond donors (Lipinski definition) is 2. The number of anilines is 1. The topological polar surface area (TPSA) is 115 Å². The molecule has 0 radical (unpaired) electrons.